The Morgan fingerprint density at radius 3 is 2.33 bits per heavy atom. The number of aromatic nitrogens is 2. The Balaban J connectivity index is 1.34. The van der Waals surface area contributed by atoms with Gasteiger partial charge in [0.25, 0.3) is 0 Å². The number of rotatable bonds is 6. The zero-order chi connectivity index (χ0) is 20.7. The predicted molar refractivity (Wildman–Crippen MR) is 118 cm³/mol. The highest BCUT2D eigenvalue weighted by Gasteiger charge is 2.50. The van der Waals surface area contributed by atoms with E-state index >= 15 is 0 Å². The molecule has 5 rings (SSSR count). The van der Waals surface area contributed by atoms with Crippen molar-refractivity contribution in [1.29, 1.82) is 0 Å². The summed E-state index contributed by atoms with van der Waals surface area (Å²) in [6.07, 6.45) is 10.5. The number of para-hydroxylation sites is 2. The van der Waals surface area contributed by atoms with Crippen LogP contribution in [0.1, 0.15) is 63.5 Å². The number of likely N-dealkylation sites (tertiary alicyclic amines) is 1. The molecule has 0 radical (unpaired) electrons. The lowest BCUT2D eigenvalue weighted by Gasteiger charge is -2.39. The molecule has 1 atom stereocenters. The Morgan fingerprint density at radius 1 is 0.967 bits per heavy atom. The van der Waals surface area contributed by atoms with Crippen LogP contribution >= 0.6 is 0 Å². The van der Waals surface area contributed by atoms with Gasteiger partial charge in [-0.3, -0.25) is 9.13 Å². The molecule has 1 aromatic heterocycles. The van der Waals surface area contributed by atoms with E-state index in [1.54, 1.807) is 4.57 Å². The average molecular weight is 414 g/mol. The van der Waals surface area contributed by atoms with E-state index in [2.05, 4.69) is 4.90 Å². The van der Waals surface area contributed by atoms with E-state index in [1.165, 1.54) is 45.1 Å². The summed E-state index contributed by atoms with van der Waals surface area (Å²) in [4.78, 5) is 16.0. The fourth-order valence-electron chi connectivity index (χ4n) is 6.27. The molecule has 0 unspecified atom stereocenters. The second-order valence-electron chi connectivity index (χ2n) is 9.87. The SMILES string of the molecule is O=c1n(C(CO)CO)c2ccccc2n1C1CCN(C[C@@H]2CCCCC23CC3)CC1. The number of piperidine rings is 1. The molecule has 3 fully saturated rings. The second-order valence-corrected chi connectivity index (χ2v) is 9.87. The number of benzene rings is 1. The molecule has 30 heavy (non-hydrogen) atoms. The zero-order valence-corrected chi connectivity index (χ0v) is 17.9. The summed E-state index contributed by atoms with van der Waals surface area (Å²) in [7, 11) is 0. The molecule has 3 aliphatic rings. The van der Waals surface area contributed by atoms with Gasteiger partial charge >= 0.3 is 5.69 Å². The molecule has 164 valence electrons. The fourth-order valence-corrected chi connectivity index (χ4v) is 6.27. The quantitative estimate of drug-likeness (QED) is 0.764. The van der Waals surface area contributed by atoms with E-state index in [0.29, 0.717) is 5.41 Å². The number of nitrogens with zero attached hydrogens (tertiary/aromatic N) is 3. The minimum Gasteiger partial charge on any atom is -0.394 e. The average Bonchev–Trinajstić information content (AvgIpc) is 3.49. The van der Waals surface area contributed by atoms with Crippen LogP contribution in [-0.2, 0) is 0 Å². The highest BCUT2D eigenvalue weighted by molar-refractivity contribution is 5.76. The summed E-state index contributed by atoms with van der Waals surface area (Å²) in [5.41, 5.74) is 2.29. The largest absolute Gasteiger partial charge is 0.394 e. The van der Waals surface area contributed by atoms with Gasteiger partial charge in [0.15, 0.2) is 0 Å². The Labute approximate surface area is 178 Å². The molecule has 0 amide bonds. The number of imidazole rings is 1. The van der Waals surface area contributed by atoms with Gasteiger partial charge < -0.3 is 15.1 Å². The van der Waals surface area contributed by atoms with Crippen molar-refractivity contribution in [3.63, 3.8) is 0 Å². The van der Waals surface area contributed by atoms with Gasteiger partial charge in [0.05, 0.1) is 30.3 Å². The second kappa shape index (κ2) is 8.13. The number of aliphatic hydroxyl groups is 2. The Kier molecular flexibility index (Phi) is 5.50. The van der Waals surface area contributed by atoms with Gasteiger partial charge in [0.2, 0.25) is 0 Å². The van der Waals surface area contributed by atoms with Crippen molar-refractivity contribution in [3.8, 4) is 0 Å². The van der Waals surface area contributed by atoms with Gasteiger partial charge in [-0.15, -0.1) is 0 Å². The topological polar surface area (TPSA) is 70.6 Å². The van der Waals surface area contributed by atoms with Crippen LogP contribution in [0, 0.1) is 11.3 Å². The van der Waals surface area contributed by atoms with Gasteiger partial charge in [-0.2, -0.15) is 0 Å². The molecule has 2 heterocycles. The van der Waals surface area contributed by atoms with Crippen LogP contribution in [0.3, 0.4) is 0 Å². The maximum absolute atomic E-state index is 13.3. The Morgan fingerprint density at radius 2 is 1.67 bits per heavy atom. The molecule has 0 bridgehead atoms. The summed E-state index contributed by atoms with van der Waals surface area (Å²) in [5, 5.41) is 19.4. The molecule has 1 aliphatic heterocycles. The van der Waals surface area contributed by atoms with E-state index in [9.17, 15) is 15.0 Å². The van der Waals surface area contributed by atoms with Gasteiger partial charge in [-0.1, -0.05) is 25.0 Å². The Hall–Kier alpha value is -1.63. The lowest BCUT2D eigenvalue weighted by molar-refractivity contribution is 0.107. The standard InChI is InChI=1S/C24H35N3O3/c28-16-20(17-29)27-22-7-2-1-6-21(22)26(23(27)30)19-8-13-25(14-9-19)15-18-5-3-4-10-24(18)11-12-24/h1-2,6-7,18-20,28-29H,3-5,8-17H2/t18-/m0/s1. The van der Waals surface area contributed by atoms with Gasteiger partial charge in [-0.05, 0) is 62.0 Å². The molecule has 1 saturated heterocycles. The van der Waals surface area contributed by atoms with E-state index in [-0.39, 0.29) is 24.9 Å². The van der Waals surface area contributed by atoms with Crippen LogP contribution < -0.4 is 5.69 Å². The first-order valence-electron chi connectivity index (χ1n) is 11.8. The van der Waals surface area contributed by atoms with Crippen LogP contribution in [0.2, 0.25) is 0 Å². The summed E-state index contributed by atoms with van der Waals surface area (Å²) in [6, 6.07) is 7.37. The predicted octanol–water partition coefficient (Wildman–Crippen LogP) is 2.94. The molecule has 2 N–H and O–H groups in total. The van der Waals surface area contributed by atoms with Crippen molar-refractivity contribution in [1.82, 2.24) is 14.0 Å². The lowest BCUT2D eigenvalue weighted by Crippen LogP contribution is -2.42. The Bertz CT molecular complexity index is 933. The fraction of sp³-hybridized carbons (Fsp3) is 0.708. The summed E-state index contributed by atoms with van der Waals surface area (Å²) in [6.45, 7) is 2.84. The van der Waals surface area contributed by atoms with E-state index < -0.39 is 6.04 Å². The molecule has 1 spiro atoms. The third kappa shape index (κ3) is 3.43. The molecule has 2 aromatic rings. The summed E-state index contributed by atoms with van der Waals surface area (Å²) in [5.74, 6) is 0.877. The van der Waals surface area contributed by atoms with Gasteiger partial charge in [-0.25, -0.2) is 4.79 Å². The van der Waals surface area contributed by atoms with E-state index in [4.69, 9.17) is 0 Å². The molecule has 2 saturated carbocycles. The van der Waals surface area contributed by atoms with Crippen molar-refractivity contribution in [2.45, 2.75) is 63.5 Å². The van der Waals surface area contributed by atoms with Crippen LogP contribution in [0.5, 0.6) is 0 Å². The molecule has 2 aliphatic carbocycles. The number of hydrogen-bond acceptors (Lipinski definition) is 4. The van der Waals surface area contributed by atoms with E-state index in [1.807, 2.05) is 28.8 Å². The minimum absolute atomic E-state index is 0.105. The van der Waals surface area contributed by atoms with Crippen molar-refractivity contribution in [2.24, 2.45) is 11.3 Å². The third-order valence-electron chi connectivity index (χ3n) is 8.24. The maximum Gasteiger partial charge on any atom is 0.329 e. The smallest absolute Gasteiger partial charge is 0.329 e. The third-order valence-corrected chi connectivity index (χ3v) is 8.24. The number of fused-ring (bicyclic) bond motifs is 1. The van der Waals surface area contributed by atoms with Crippen LogP contribution in [0.25, 0.3) is 11.0 Å². The lowest BCUT2D eigenvalue weighted by atomic mass is 9.76. The van der Waals surface area contributed by atoms with Crippen molar-refractivity contribution in [2.75, 3.05) is 32.8 Å². The normalized spacial score (nSPS) is 24.8. The molecule has 6 nitrogen and oxygen atoms in total. The van der Waals surface area contributed by atoms with Crippen LogP contribution in [0.4, 0.5) is 0 Å². The highest BCUT2D eigenvalue weighted by atomic mass is 16.3. The monoisotopic (exact) mass is 413 g/mol. The first kappa shape index (κ1) is 20.3. The number of aliphatic hydroxyl groups excluding tert-OH is 2. The first-order valence-corrected chi connectivity index (χ1v) is 11.8. The molecule has 6 heteroatoms. The summed E-state index contributed by atoms with van der Waals surface area (Å²) >= 11 is 0. The maximum atomic E-state index is 13.3. The molecular formula is C24H35N3O3. The van der Waals surface area contributed by atoms with Crippen LogP contribution in [0.15, 0.2) is 29.1 Å². The van der Waals surface area contributed by atoms with Crippen LogP contribution in [-0.4, -0.2) is 57.1 Å². The molecule has 1 aromatic carbocycles. The van der Waals surface area contributed by atoms with Crippen molar-refractivity contribution in [3.05, 3.63) is 34.7 Å². The van der Waals surface area contributed by atoms with Crippen molar-refractivity contribution < 1.29 is 10.2 Å². The molecular weight excluding hydrogens is 378 g/mol. The van der Waals surface area contributed by atoms with Gasteiger partial charge in [0, 0.05) is 25.7 Å². The van der Waals surface area contributed by atoms with Crippen molar-refractivity contribution >= 4 is 11.0 Å². The highest BCUT2D eigenvalue weighted by Crippen LogP contribution is 2.59. The zero-order valence-electron chi connectivity index (χ0n) is 17.9. The minimum atomic E-state index is -0.593. The first-order chi connectivity index (χ1) is 14.7. The summed E-state index contributed by atoms with van der Waals surface area (Å²) < 4.78 is 3.51. The van der Waals surface area contributed by atoms with E-state index in [0.717, 1.165) is 42.9 Å². The number of hydrogen-bond donors (Lipinski definition) is 2. The van der Waals surface area contributed by atoms with Gasteiger partial charge in [0.1, 0.15) is 0 Å².